The zero-order chi connectivity index (χ0) is 20.5. The maximum atomic E-state index is 13.0. The summed E-state index contributed by atoms with van der Waals surface area (Å²) in [5.74, 6) is 2.43. The van der Waals surface area contributed by atoms with Gasteiger partial charge in [-0.2, -0.15) is 4.98 Å². The molecule has 3 aliphatic rings. The molecule has 1 aromatic heterocycles. The Morgan fingerprint density at radius 1 is 1.17 bits per heavy atom. The third kappa shape index (κ3) is 3.93. The molecule has 0 unspecified atom stereocenters. The molecule has 1 saturated carbocycles. The number of aromatic nitrogens is 2. The van der Waals surface area contributed by atoms with Crippen molar-refractivity contribution in [1.82, 2.24) is 14.9 Å². The summed E-state index contributed by atoms with van der Waals surface area (Å²) in [5, 5.41) is 3.58. The van der Waals surface area contributed by atoms with Crippen LogP contribution < -0.4 is 15.1 Å². The molecule has 2 fully saturated rings. The smallest absolute Gasteiger partial charge is 0.249 e. The van der Waals surface area contributed by atoms with Crippen LogP contribution >= 0.6 is 0 Å². The number of carbonyl (C=O) groups is 1. The second-order valence-corrected chi connectivity index (χ2v) is 9.14. The van der Waals surface area contributed by atoms with Gasteiger partial charge in [0, 0.05) is 19.1 Å². The van der Waals surface area contributed by atoms with Crippen molar-refractivity contribution < 1.29 is 4.79 Å². The molecule has 0 bridgehead atoms. The maximum absolute atomic E-state index is 13.0. The van der Waals surface area contributed by atoms with Gasteiger partial charge in [-0.05, 0) is 65.1 Å². The molecule has 7 heteroatoms. The molecule has 7 nitrogen and oxygen atoms in total. The highest BCUT2D eigenvalue weighted by Crippen LogP contribution is 2.39. The number of hydrogen-bond acceptors (Lipinski definition) is 6. The first-order valence-corrected chi connectivity index (χ1v) is 11.4. The molecule has 1 N–H and O–H groups in total. The maximum Gasteiger partial charge on any atom is 0.249 e. The van der Waals surface area contributed by atoms with Gasteiger partial charge < -0.3 is 20.0 Å². The van der Waals surface area contributed by atoms with Crippen molar-refractivity contribution in [3.05, 3.63) is 6.20 Å². The van der Waals surface area contributed by atoms with Crippen LogP contribution in [-0.4, -0.2) is 66.1 Å². The molecule has 2 atom stereocenters. The fourth-order valence-electron chi connectivity index (χ4n) is 5.30. The molecule has 1 aromatic rings. The molecule has 0 aromatic carbocycles. The number of fused-ring (bicyclic) bond motifs is 1. The monoisotopic (exact) mass is 400 g/mol. The fourth-order valence-corrected chi connectivity index (χ4v) is 5.30. The third-order valence-corrected chi connectivity index (χ3v) is 7.24. The van der Waals surface area contributed by atoms with Gasteiger partial charge in [-0.3, -0.25) is 4.79 Å². The van der Waals surface area contributed by atoms with E-state index in [-0.39, 0.29) is 11.9 Å². The normalized spacial score (nSPS) is 25.4. The Kier molecular flexibility index (Phi) is 5.95. The summed E-state index contributed by atoms with van der Waals surface area (Å²) in [4.78, 5) is 29.0. The van der Waals surface area contributed by atoms with Crippen LogP contribution in [0.5, 0.6) is 0 Å². The zero-order valence-corrected chi connectivity index (χ0v) is 18.4. The van der Waals surface area contributed by atoms with Crippen molar-refractivity contribution in [3.63, 3.8) is 0 Å². The first-order valence-electron chi connectivity index (χ1n) is 11.4. The Morgan fingerprint density at radius 3 is 2.52 bits per heavy atom. The topological polar surface area (TPSA) is 64.6 Å². The van der Waals surface area contributed by atoms with E-state index in [0.29, 0.717) is 23.9 Å². The number of piperidine rings is 1. The molecule has 4 rings (SSSR count). The van der Waals surface area contributed by atoms with E-state index >= 15 is 0 Å². The molecule has 3 heterocycles. The van der Waals surface area contributed by atoms with Crippen LogP contribution in [0.15, 0.2) is 6.20 Å². The number of anilines is 3. The van der Waals surface area contributed by atoms with Crippen LogP contribution in [0.25, 0.3) is 0 Å². The van der Waals surface area contributed by atoms with Gasteiger partial charge in [0.05, 0.1) is 6.20 Å². The van der Waals surface area contributed by atoms with Gasteiger partial charge in [0.15, 0.2) is 5.82 Å². The van der Waals surface area contributed by atoms with Gasteiger partial charge in [0.1, 0.15) is 11.7 Å². The second-order valence-electron chi connectivity index (χ2n) is 9.14. The molecule has 1 aliphatic carbocycles. The Hall–Kier alpha value is -1.89. The number of carbonyl (C=O) groups excluding carboxylic acids is 1. The largest absolute Gasteiger partial charge is 0.351 e. The minimum Gasteiger partial charge on any atom is -0.351 e. The molecule has 1 saturated heterocycles. The molecular weight excluding hydrogens is 364 g/mol. The summed E-state index contributed by atoms with van der Waals surface area (Å²) in [7, 11) is 4.05. The van der Waals surface area contributed by atoms with E-state index in [1.54, 1.807) is 4.90 Å². The van der Waals surface area contributed by atoms with Crippen LogP contribution in [-0.2, 0) is 4.79 Å². The molecule has 0 radical (unpaired) electrons. The van der Waals surface area contributed by atoms with Crippen molar-refractivity contribution >= 4 is 23.4 Å². The van der Waals surface area contributed by atoms with Gasteiger partial charge >= 0.3 is 0 Å². The van der Waals surface area contributed by atoms with Gasteiger partial charge in [-0.25, -0.2) is 4.98 Å². The number of hydrogen-bond donors (Lipinski definition) is 1. The number of nitrogens with one attached hydrogen (secondary N) is 1. The summed E-state index contributed by atoms with van der Waals surface area (Å²) in [6.07, 6.45) is 9.81. The minimum absolute atomic E-state index is 0.121. The second kappa shape index (κ2) is 8.46. The summed E-state index contributed by atoms with van der Waals surface area (Å²) in [6.45, 7) is 6.66. The van der Waals surface area contributed by atoms with Gasteiger partial charge in [0.25, 0.3) is 0 Å². The highest BCUT2D eigenvalue weighted by molar-refractivity contribution is 6.04. The minimum atomic E-state index is -0.121. The Balaban J connectivity index is 1.59. The van der Waals surface area contributed by atoms with Gasteiger partial charge in [0.2, 0.25) is 11.9 Å². The summed E-state index contributed by atoms with van der Waals surface area (Å²) in [5.41, 5.74) is 0.837. The van der Waals surface area contributed by atoms with Crippen LogP contribution in [0.3, 0.4) is 0 Å². The lowest BCUT2D eigenvalue weighted by molar-refractivity contribution is -0.120. The first kappa shape index (κ1) is 20.4. The van der Waals surface area contributed by atoms with Crippen molar-refractivity contribution in [2.24, 2.45) is 5.92 Å². The van der Waals surface area contributed by atoms with Gasteiger partial charge in [-0.15, -0.1) is 0 Å². The van der Waals surface area contributed by atoms with Crippen molar-refractivity contribution in [1.29, 1.82) is 0 Å². The lowest BCUT2D eigenvalue weighted by Crippen LogP contribution is -2.55. The number of amides is 1. The van der Waals surface area contributed by atoms with Gasteiger partial charge in [-0.1, -0.05) is 19.8 Å². The van der Waals surface area contributed by atoms with E-state index in [1.165, 1.54) is 25.7 Å². The number of likely N-dealkylation sites (N-methyl/N-ethyl adjacent to an activating group) is 1. The predicted molar refractivity (Wildman–Crippen MR) is 118 cm³/mol. The summed E-state index contributed by atoms with van der Waals surface area (Å²) >= 11 is 0. The summed E-state index contributed by atoms with van der Waals surface area (Å²) in [6, 6.07) is 0.627. The van der Waals surface area contributed by atoms with E-state index < -0.39 is 0 Å². The standard InChI is InChI=1S/C22H36N6O/c1-5-18-21(29)27(4)19-14-23-22(24-15(2)16-10-12-26(3)13-11-16)25-20(19)28(18)17-8-6-7-9-17/h14-18H,5-13H2,1-4H3,(H,23,24,25)/t15-,18-/m1/s1. The van der Waals surface area contributed by atoms with E-state index in [9.17, 15) is 4.79 Å². The molecule has 0 spiro atoms. The van der Waals surface area contributed by atoms with Crippen molar-refractivity contribution in [2.75, 3.05) is 42.3 Å². The van der Waals surface area contributed by atoms with Crippen LogP contribution in [0.1, 0.15) is 58.8 Å². The third-order valence-electron chi connectivity index (χ3n) is 7.24. The molecular formula is C22H36N6O. The molecule has 29 heavy (non-hydrogen) atoms. The van der Waals surface area contributed by atoms with Crippen molar-refractivity contribution in [2.45, 2.75) is 76.9 Å². The van der Waals surface area contributed by atoms with Crippen molar-refractivity contribution in [3.8, 4) is 0 Å². The molecule has 160 valence electrons. The highest BCUT2D eigenvalue weighted by atomic mass is 16.2. The highest BCUT2D eigenvalue weighted by Gasteiger charge is 2.41. The lowest BCUT2D eigenvalue weighted by atomic mass is 9.91. The average molecular weight is 401 g/mol. The first-order chi connectivity index (χ1) is 14.0. The zero-order valence-electron chi connectivity index (χ0n) is 18.4. The Bertz CT molecular complexity index is 726. The van der Waals surface area contributed by atoms with Crippen LogP contribution in [0.4, 0.5) is 17.5 Å². The molecule has 1 amide bonds. The summed E-state index contributed by atoms with van der Waals surface area (Å²) < 4.78 is 0. The predicted octanol–water partition coefficient (Wildman–Crippen LogP) is 3.12. The Labute approximate surface area is 174 Å². The van der Waals surface area contributed by atoms with E-state index in [2.05, 4.69) is 41.0 Å². The number of nitrogens with zero attached hydrogens (tertiary/aromatic N) is 5. The van der Waals surface area contributed by atoms with Crippen LogP contribution in [0.2, 0.25) is 0 Å². The van der Waals surface area contributed by atoms with Crippen LogP contribution in [0, 0.1) is 5.92 Å². The lowest BCUT2D eigenvalue weighted by Gasteiger charge is -2.43. The number of rotatable bonds is 5. The Morgan fingerprint density at radius 2 is 1.86 bits per heavy atom. The van der Waals surface area contributed by atoms with E-state index in [1.807, 2.05) is 13.2 Å². The number of likely N-dealkylation sites (tertiary alicyclic amines) is 1. The van der Waals surface area contributed by atoms with E-state index in [0.717, 1.165) is 43.9 Å². The SMILES string of the molecule is CC[C@@H]1C(=O)N(C)c2cnc(N[C@H](C)C3CCN(C)CC3)nc2N1C1CCCC1. The van der Waals surface area contributed by atoms with E-state index in [4.69, 9.17) is 4.98 Å². The molecule has 2 aliphatic heterocycles. The fraction of sp³-hybridized carbons (Fsp3) is 0.773. The average Bonchev–Trinajstić information content (AvgIpc) is 3.25. The quantitative estimate of drug-likeness (QED) is 0.819.